The van der Waals surface area contributed by atoms with Gasteiger partial charge in [0.15, 0.2) is 6.10 Å². The average molecular weight is 286 g/mol. The van der Waals surface area contributed by atoms with Crippen LogP contribution in [-0.4, -0.2) is 23.0 Å². The number of rotatable bonds is 4. The Morgan fingerprint density at radius 2 is 1.86 bits per heavy atom. The molecule has 0 aliphatic carbocycles. The van der Waals surface area contributed by atoms with Gasteiger partial charge >= 0.3 is 5.97 Å². The summed E-state index contributed by atoms with van der Waals surface area (Å²) in [7, 11) is 0. The van der Waals surface area contributed by atoms with Crippen molar-refractivity contribution < 1.29 is 14.3 Å². The van der Waals surface area contributed by atoms with Gasteiger partial charge in [-0.15, -0.1) is 0 Å². The van der Waals surface area contributed by atoms with E-state index in [1.54, 1.807) is 12.1 Å². The molecular formula is C16H18N2O3. The number of carbonyl (C=O) groups is 2. The molecule has 2 rings (SSSR count). The molecule has 2 aromatic rings. The van der Waals surface area contributed by atoms with Crippen LogP contribution in [0.5, 0.6) is 0 Å². The van der Waals surface area contributed by atoms with Gasteiger partial charge in [-0.2, -0.15) is 0 Å². The van der Waals surface area contributed by atoms with Crippen molar-refractivity contribution in [2.75, 3.05) is 0 Å². The fourth-order valence-electron chi connectivity index (χ4n) is 1.94. The van der Waals surface area contributed by atoms with Crippen LogP contribution >= 0.6 is 0 Å². The highest BCUT2D eigenvalue weighted by atomic mass is 16.5. The lowest BCUT2D eigenvalue weighted by Gasteiger charge is -2.13. The largest absolute Gasteiger partial charge is 0.449 e. The van der Waals surface area contributed by atoms with Gasteiger partial charge in [-0.1, -0.05) is 32.0 Å². The van der Waals surface area contributed by atoms with E-state index in [4.69, 9.17) is 10.5 Å². The number of nitrogens with zero attached hydrogens (tertiary/aromatic N) is 1. The number of hydrogen-bond acceptors (Lipinski definition) is 4. The van der Waals surface area contributed by atoms with Crippen LogP contribution in [0.15, 0.2) is 30.3 Å². The second-order valence-corrected chi connectivity index (χ2v) is 5.22. The Morgan fingerprint density at radius 3 is 2.48 bits per heavy atom. The first-order chi connectivity index (χ1) is 9.90. The van der Waals surface area contributed by atoms with E-state index in [9.17, 15) is 9.59 Å². The summed E-state index contributed by atoms with van der Waals surface area (Å²) in [5.41, 5.74) is 7.05. The third-order valence-corrected chi connectivity index (χ3v) is 3.23. The van der Waals surface area contributed by atoms with Crippen LogP contribution in [0, 0.1) is 0 Å². The number of pyridine rings is 1. The number of benzene rings is 1. The van der Waals surface area contributed by atoms with Crippen molar-refractivity contribution in [1.29, 1.82) is 0 Å². The van der Waals surface area contributed by atoms with Gasteiger partial charge in [0.25, 0.3) is 5.91 Å². The number of nitrogens with two attached hydrogens (primary N) is 1. The van der Waals surface area contributed by atoms with Crippen LogP contribution in [0.3, 0.4) is 0 Å². The zero-order chi connectivity index (χ0) is 15.6. The van der Waals surface area contributed by atoms with Crippen molar-refractivity contribution in [3.05, 3.63) is 41.6 Å². The molecule has 0 aliphatic heterocycles. The van der Waals surface area contributed by atoms with E-state index in [-0.39, 0.29) is 5.92 Å². The maximum absolute atomic E-state index is 12.3. The number of esters is 1. The van der Waals surface area contributed by atoms with Crippen LogP contribution in [0.4, 0.5) is 0 Å². The highest BCUT2D eigenvalue weighted by Gasteiger charge is 2.20. The molecule has 1 amide bonds. The number of carbonyl (C=O) groups excluding carboxylic acids is 2. The summed E-state index contributed by atoms with van der Waals surface area (Å²) in [6, 6.07) is 9.05. The molecule has 0 radical (unpaired) electrons. The molecule has 1 heterocycles. The molecule has 0 spiro atoms. The Kier molecular flexibility index (Phi) is 4.21. The van der Waals surface area contributed by atoms with E-state index in [1.165, 1.54) is 6.92 Å². The van der Waals surface area contributed by atoms with Gasteiger partial charge in [0.05, 0.1) is 11.1 Å². The van der Waals surface area contributed by atoms with Gasteiger partial charge in [-0.25, -0.2) is 4.79 Å². The van der Waals surface area contributed by atoms with E-state index >= 15 is 0 Å². The maximum Gasteiger partial charge on any atom is 0.339 e. The monoisotopic (exact) mass is 286 g/mol. The number of primary amides is 1. The molecule has 1 atom stereocenters. The molecular weight excluding hydrogens is 268 g/mol. The SMILES string of the molecule is CC(C)c1cc(C(=O)O[C@@H](C)C(N)=O)c2ccccc2n1. The summed E-state index contributed by atoms with van der Waals surface area (Å²) < 4.78 is 5.10. The summed E-state index contributed by atoms with van der Waals surface area (Å²) in [5.74, 6) is -1.07. The van der Waals surface area contributed by atoms with Gasteiger partial charge in [0.2, 0.25) is 0 Å². The number of ether oxygens (including phenoxy) is 1. The van der Waals surface area contributed by atoms with Gasteiger partial charge in [-0.05, 0) is 25.0 Å². The Balaban J connectivity index is 2.50. The van der Waals surface area contributed by atoms with Crippen molar-refractivity contribution in [2.45, 2.75) is 32.8 Å². The topological polar surface area (TPSA) is 82.3 Å². The average Bonchev–Trinajstić information content (AvgIpc) is 2.45. The first-order valence-electron chi connectivity index (χ1n) is 6.80. The highest BCUT2D eigenvalue weighted by molar-refractivity contribution is 6.04. The van der Waals surface area contributed by atoms with Gasteiger partial charge < -0.3 is 10.5 Å². The zero-order valence-corrected chi connectivity index (χ0v) is 12.3. The van der Waals surface area contributed by atoms with Crippen molar-refractivity contribution >= 4 is 22.8 Å². The quantitative estimate of drug-likeness (QED) is 0.875. The van der Waals surface area contributed by atoms with Gasteiger partial charge in [0, 0.05) is 11.1 Å². The van der Waals surface area contributed by atoms with Gasteiger partial charge in [-0.3, -0.25) is 9.78 Å². The molecule has 21 heavy (non-hydrogen) atoms. The minimum Gasteiger partial charge on any atom is -0.449 e. The maximum atomic E-state index is 12.3. The zero-order valence-electron chi connectivity index (χ0n) is 12.3. The minimum atomic E-state index is -0.966. The van der Waals surface area contributed by atoms with Crippen molar-refractivity contribution in [1.82, 2.24) is 4.98 Å². The molecule has 0 fully saturated rings. The summed E-state index contributed by atoms with van der Waals surface area (Å²) >= 11 is 0. The first kappa shape index (κ1) is 15.0. The number of amides is 1. The summed E-state index contributed by atoms with van der Waals surface area (Å²) in [6.07, 6.45) is -0.966. The highest BCUT2D eigenvalue weighted by Crippen LogP contribution is 2.23. The summed E-state index contributed by atoms with van der Waals surface area (Å²) in [4.78, 5) is 27.9. The van der Waals surface area contributed by atoms with Crippen LogP contribution in [0.1, 0.15) is 42.7 Å². The van der Waals surface area contributed by atoms with Crippen molar-refractivity contribution in [2.24, 2.45) is 5.73 Å². The molecule has 0 bridgehead atoms. The summed E-state index contributed by atoms with van der Waals surface area (Å²) in [5, 5.41) is 0.698. The number of fused-ring (bicyclic) bond motifs is 1. The molecule has 1 aromatic carbocycles. The molecule has 0 aliphatic rings. The number of hydrogen-bond donors (Lipinski definition) is 1. The molecule has 5 nitrogen and oxygen atoms in total. The predicted octanol–water partition coefficient (Wildman–Crippen LogP) is 2.39. The second-order valence-electron chi connectivity index (χ2n) is 5.22. The standard InChI is InChI=1S/C16H18N2O3/c1-9(2)14-8-12(16(20)21-10(3)15(17)19)11-6-4-5-7-13(11)18-14/h4-10H,1-3H3,(H2,17,19)/t10-/m0/s1. The Labute approximate surface area is 123 Å². The van der Waals surface area contributed by atoms with Crippen LogP contribution in [-0.2, 0) is 9.53 Å². The van der Waals surface area contributed by atoms with E-state index in [0.29, 0.717) is 10.9 Å². The molecule has 0 saturated heterocycles. The van der Waals surface area contributed by atoms with Crippen LogP contribution in [0.25, 0.3) is 10.9 Å². The van der Waals surface area contributed by atoms with Crippen molar-refractivity contribution in [3.8, 4) is 0 Å². The smallest absolute Gasteiger partial charge is 0.339 e. The Morgan fingerprint density at radius 1 is 1.19 bits per heavy atom. The fraction of sp³-hybridized carbons (Fsp3) is 0.312. The summed E-state index contributed by atoms with van der Waals surface area (Å²) in [6.45, 7) is 5.45. The second kappa shape index (κ2) is 5.91. The lowest BCUT2D eigenvalue weighted by Crippen LogP contribution is -2.30. The van der Waals surface area contributed by atoms with E-state index in [1.807, 2.05) is 32.0 Å². The predicted molar refractivity (Wildman–Crippen MR) is 79.9 cm³/mol. The number of aromatic nitrogens is 1. The molecule has 2 N–H and O–H groups in total. The van der Waals surface area contributed by atoms with E-state index < -0.39 is 18.0 Å². The molecule has 0 saturated carbocycles. The lowest BCUT2D eigenvalue weighted by molar-refractivity contribution is -0.125. The fourth-order valence-corrected chi connectivity index (χ4v) is 1.94. The molecule has 5 heteroatoms. The third-order valence-electron chi connectivity index (χ3n) is 3.23. The minimum absolute atomic E-state index is 0.176. The first-order valence-corrected chi connectivity index (χ1v) is 6.80. The van der Waals surface area contributed by atoms with Crippen LogP contribution in [0.2, 0.25) is 0 Å². The van der Waals surface area contributed by atoms with E-state index in [0.717, 1.165) is 11.2 Å². The van der Waals surface area contributed by atoms with Crippen molar-refractivity contribution in [3.63, 3.8) is 0 Å². The van der Waals surface area contributed by atoms with E-state index in [2.05, 4.69) is 4.98 Å². The third kappa shape index (κ3) is 3.18. The number of para-hydroxylation sites is 1. The molecule has 1 aromatic heterocycles. The molecule has 110 valence electrons. The van der Waals surface area contributed by atoms with Gasteiger partial charge in [0.1, 0.15) is 0 Å². The Hall–Kier alpha value is -2.43. The molecule has 0 unspecified atom stereocenters. The van der Waals surface area contributed by atoms with Crippen LogP contribution < -0.4 is 5.73 Å². The Bertz CT molecular complexity index is 695. The normalized spacial score (nSPS) is 12.4. The lowest BCUT2D eigenvalue weighted by atomic mass is 10.0.